The van der Waals surface area contributed by atoms with Crippen LogP contribution in [0.25, 0.3) is 5.69 Å². The van der Waals surface area contributed by atoms with Crippen molar-refractivity contribution in [3.05, 3.63) is 76.2 Å². The number of anilines is 1. The molecule has 2 heterocycles. The Morgan fingerprint density at radius 3 is 2.74 bits per heavy atom. The lowest BCUT2D eigenvalue weighted by molar-refractivity contribution is -0.115. The molecule has 8 heteroatoms. The molecule has 0 unspecified atom stereocenters. The van der Waals surface area contributed by atoms with Crippen LogP contribution in [-0.2, 0) is 33.5 Å². The van der Waals surface area contributed by atoms with Gasteiger partial charge in [-0.25, -0.2) is 9.07 Å². The first kappa shape index (κ1) is 17.9. The number of nitrogens with one attached hydrogen (secondary N) is 1. The summed E-state index contributed by atoms with van der Waals surface area (Å²) in [7, 11) is -1.02. The molecular weight excluding hydrogens is 389 g/mol. The second-order valence-electron chi connectivity index (χ2n) is 6.25. The lowest BCUT2D eigenvalue weighted by Crippen LogP contribution is -2.18. The second kappa shape index (κ2) is 7.25. The maximum atomic E-state index is 13.0. The van der Waals surface area contributed by atoms with Crippen LogP contribution in [0.5, 0.6) is 0 Å². The van der Waals surface area contributed by atoms with E-state index in [4.69, 9.17) is 11.6 Å². The van der Waals surface area contributed by atoms with Crippen LogP contribution in [0.4, 0.5) is 10.2 Å². The van der Waals surface area contributed by atoms with Crippen molar-refractivity contribution in [2.24, 2.45) is 0 Å². The van der Waals surface area contributed by atoms with Gasteiger partial charge < -0.3 is 5.32 Å². The van der Waals surface area contributed by atoms with E-state index in [9.17, 15) is 13.4 Å². The van der Waals surface area contributed by atoms with E-state index in [0.717, 1.165) is 5.56 Å². The fraction of sp³-hybridized carbons (Fsp3) is 0.158. The maximum absolute atomic E-state index is 13.0. The second-order valence-corrected chi connectivity index (χ2v) is 8.14. The Morgan fingerprint density at radius 2 is 2.00 bits per heavy atom. The number of carbonyl (C=O) groups excluding carboxylic acids is 1. The molecule has 0 saturated heterocycles. The van der Waals surface area contributed by atoms with Gasteiger partial charge in [-0.15, -0.1) is 0 Å². The quantitative estimate of drug-likeness (QED) is 0.723. The number of aromatic nitrogens is 2. The molecule has 1 amide bonds. The molecule has 1 N–H and O–H groups in total. The van der Waals surface area contributed by atoms with Gasteiger partial charge in [-0.05, 0) is 35.9 Å². The van der Waals surface area contributed by atoms with Gasteiger partial charge in [0.2, 0.25) is 5.91 Å². The Bertz CT molecular complexity index is 1050. The number of hydrogen-bond donors (Lipinski definition) is 1. The van der Waals surface area contributed by atoms with Crippen LogP contribution in [0.15, 0.2) is 48.5 Å². The van der Waals surface area contributed by atoms with E-state index in [2.05, 4.69) is 10.4 Å². The topological polar surface area (TPSA) is 64.0 Å². The largest absolute Gasteiger partial charge is 0.310 e. The third-order valence-corrected chi connectivity index (χ3v) is 5.70. The summed E-state index contributed by atoms with van der Waals surface area (Å²) in [5, 5.41) is 7.96. The van der Waals surface area contributed by atoms with Gasteiger partial charge in [0.1, 0.15) is 11.6 Å². The van der Waals surface area contributed by atoms with E-state index in [0.29, 0.717) is 39.3 Å². The number of halogens is 2. The van der Waals surface area contributed by atoms with E-state index < -0.39 is 10.8 Å². The molecule has 0 bridgehead atoms. The van der Waals surface area contributed by atoms with Crippen molar-refractivity contribution in [2.75, 3.05) is 5.32 Å². The first-order valence-corrected chi connectivity index (χ1v) is 10.1. The third-order valence-electron chi connectivity index (χ3n) is 4.26. The molecule has 0 aliphatic carbocycles. The highest BCUT2D eigenvalue weighted by Gasteiger charge is 2.28. The molecule has 1 atom stereocenters. The predicted molar refractivity (Wildman–Crippen MR) is 103 cm³/mol. The van der Waals surface area contributed by atoms with Crippen LogP contribution >= 0.6 is 11.6 Å². The van der Waals surface area contributed by atoms with Crippen molar-refractivity contribution in [2.45, 2.75) is 17.9 Å². The lowest BCUT2D eigenvalue weighted by atomic mass is 10.1. The third kappa shape index (κ3) is 3.79. The van der Waals surface area contributed by atoms with E-state index >= 15 is 0 Å². The molecule has 0 fully saturated rings. The number of carbonyl (C=O) groups is 1. The van der Waals surface area contributed by atoms with Crippen LogP contribution in [-0.4, -0.2) is 19.9 Å². The minimum absolute atomic E-state index is 0.0961. The number of rotatable bonds is 4. The molecule has 4 rings (SSSR count). The number of amides is 1. The monoisotopic (exact) mass is 403 g/mol. The SMILES string of the molecule is O=C(Cc1ccc(F)cc1)Nc1c2c(nn1-c1cccc(Cl)c1)C[S@](=O)C2. The van der Waals surface area contributed by atoms with Crippen molar-refractivity contribution in [1.29, 1.82) is 0 Å². The van der Waals surface area contributed by atoms with E-state index in [1.807, 2.05) is 6.07 Å². The molecular formula is C19H15ClFN3O2S. The van der Waals surface area contributed by atoms with Gasteiger partial charge in [0.25, 0.3) is 0 Å². The highest BCUT2D eigenvalue weighted by atomic mass is 35.5. The zero-order chi connectivity index (χ0) is 19.0. The summed E-state index contributed by atoms with van der Waals surface area (Å²) in [6.07, 6.45) is 0.0961. The van der Waals surface area contributed by atoms with E-state index in [1.54, 1.807) is 35.0 Å². The first-order valence-electron chi connectivity index (χ1n) is 8.25. The van der Waals surface area contributed by atoms with E-state index in [-0.39, 0.29) is 18.1 Å². The predicted octanol–water partition coefficient (Wildman–Crippen LogP) is 3.61. The summed E-state index contributed by atoms with van der Waals surface area (Å²) in [4.78, 5) is 12.5. The molecule has 3 aromatic rings. The zero-order valence-electron chi connectivity index (χ0n) is 14.1. The van der Waals surface area contributed by atoms with E-state index in [1.165, 1.54) is 12.1 Å². The Morgan fingerprint density at radius 1 is 1.22 bits per heavy atom. The zero-order valence-corrected chi connectivity index (χ0v) is 15.7. The van der Waals surface area contributed by atoms with Crippen LogP contribution in [0.3, 0.4) is 0 Å². The molecule has 1 aliphatic heterocycles. The first-order chi connectivity index (χ1) is 13.0. The van der Waals surface area contributed by atoms with Crippen molar-refractivity contribution >= 4 is 34.1 Å². The fourth-order valence-corrected chi connectivity index (χ4v) is 4.46. The minimum atomic E-state index is -1.02. The molecule has 5 nitrogen and oxygen atoms in total. The summed E-state index contributed by atoms with van der Waals surface area (Å²) in [5.41, 5.74) is 2.90. The number of hydrogen-bond acceptors (Lipinski definition) is 3. The average Bonchev–Trinajstić information content (AvgIpc) is 3.14. The number of nitrogens with zero attached hydrogens (tertiary/aromatic N) is 2. The van der Waals surface area contributed by atoms with Crippen LogP contribution in [0.2, 0.25) is 5.02 Å². The fourth-order valence-electron chi connectivity index (χ4n) is 3.01. The Kier molecular flexibility index (Phi) is 4.80. The van der Waals surface area contributed by atoms with Gasteiger partial charge in [0.05, 0.1) is 29.3 Å². The highest BCUT2D eigenvalue weighted by Crippen LogP contribution is 2.32. The summed E-state index contributed by atoms with van der Waals surface area (Å²) < 4.78 is 26.6. The van der Waals surface area contributed by atoms with Gasteiger partial charge in [0.15, 0.2) is 0 Å². The Balaban J connectivity index is 1.65. The molecule has 27 heavy (non-hydrogen) atoms. The van der Waals surface area contributed by atoms with Gasteiger partial charge in [-0.2, -0.15) is 5.10 Å². The molecule has 2 aromatic carbocycles. The van der Waals surface area contributed by atoms with Gasteiger partial charge in [-0.1, -0.05) is 29.8 Å². The Labute approximate surface area is 162 Å². The molecule has 0 spiro atoms. The number of fused-ring (bicyclic) bond motifs is 1. The summed E-state index contributed by atoms with van der Waals surface area (Å²) in [5.74, 6) is 0.611. The lowest BCUT2D eigenvalue weighted by Gasteiger charge is -2.11. The molecule has 138 valence electrons. The number of benzene rings is 2. The maximum Gasteiger partial charge on any atom is 0.229 e. The van der Waals surface area contributed by atoms with Crippen molar-refractivity contribution in [3.8, 4) is 5.69 Å². The summed E-state index contributed by atoms with van der Waals surface area (Å²) >= 11 is 6.08. The minimum Gasteiger partial charge on any atom is -0.310 e. The standard InChI is InChI=1S/C19H15ClFN3O2S/c20-13-2-1-3-15(9-13)24-19(16-10-27(26)11-17(16)23-24)22-18(25)8-12-4-6-14(21)7-5-12/h1-7,9H,8,10-11H2,(H,22,25)/t27-/m1/s1. The van der Waals surface area contributed by atoms with Crippen molar-refractivity contribution < 1.29 is 13.4 Å². The van der Waals surface area contributed by atoms with Crippen molar-refractivity contribution in [3.63, 3.8) is 0 Å². The normalized spacial score (nSPS) is 15.6. The smallest absolute Gasteiger partial charge is 0.229 e. The summed E-state index contributed by atoms with van der Waals surface area (Å²) in [6.45, 7) is 0. The average molecular weight is 404 g/mol. The van der Waals surface area contributed by atoms with Gasteiger partial charge in [-0.3, -0.25) is 9.00 Å². The highest BCUT2D eigenvalue weighted by molar-refractivity contribution is 7.83. The summed E-state index contributed by atoms with van der Waals surface area (Å²) in [6, 6.07) is 12.9. The molecule has 1 aromatic heterocycles. The molecule has 1 aliphatic rings. The van der Waals surface area contributed by atoms with Gasteiger partial charge in [0, 0.05) is 21.4 Å². The van der Waals surface area contributed by atoms with Crippen LogP contribution < -0.4 is 5.32 Å². The van der Waals surface area contributed by atoms with Crippen LogP contribution in [0, 0.1) is 5.82 Å². The van der Waals surface area contributed by atoms with Crippen molar-refractivity contribution in [1.82, 2.24) is 9.78 Å². The molecule has 0 radical (unpaired) electrons. The van der Waals surface area contributed by atoms with Gasteiger partial charge >= 0.3 is 0 Å². The molecule has 0 saturated carbocycles. The Hall–Kier alpha value is -2.51. The van der Waals surface area contributed by atoms with Crippen LogP contribution in [0.1, 0.15) is 16.8 Å².